The summed E-state index contributed by atoms with van der Waals surface area (Å²) in [4.78, 5) is 49.2. The van der Waals surface area contributed by atoms with Crippen molar-refractivity contribution in [2.24, 2.45) is 0 Å². The molecule has 0 unspecified atom stereocenters. The highest BCUT2D eigenvalue weighted by molar-refractivity contribution is 7.99. The van der Waals surface area contributed by atoms with Crippen molar-refractivity contribution in [1.29, 1.82) is 0 Å². The zero-order valence-corrected chi connectivity index (χ0v) is 22.5. The number of carbonyl (C=O) groups is 4. The second kappa shape index (κ2) is 13.3. The molecule has 3 rings (SSSR count). The summed E-state index contributed by atoms with van der Waals surface area (Å²) < 4.78 is 33.7. The molecule has 11 heteroatoms. The Bertz CT molecular complexity index is 1150. The van der Waals surface area contributed by atoms with Gasteiger partial charge in [0.2, 0.25) is 12.4 Å². The van der Waals surface area contributed by atoms with Crippen molar-refractivity contribution in [3.05, 3.63) is 54.1 Å². The fourth-order valence-electron chi connectivity index (χ4n) is 3.77. The van der Waals surface area contributed by atoms with Crippen molar-refractivity contribution in [3.63, 3.8) is 0 Å². The molecular formula is C27H30O10S. The Morgan fingerprint density at radius 1 is 0.763 bits per heavy atom. The van der Waals surface area contributed by atoms with E-state index in [1.807, 2.05) is 43.3 Å². The quantitative estimate of drug-likeness (QED) is 0.338. The molecule has 0 aliphatic carbocycles. The van der Waals surface area contributed by atoms with Gasteiger partial charge in [-0.3, -0.25) is 19.2 Å². The molecule has 0 amide bonds. The minimum Gasteiger partial charge on any atom is -0.463 e. The molecule has 5 atom stereocenters. The van der Waals surface area contributed by atoms with Gasteiger partial charge in [0.25, 0.3) is 0 Å². The number of carbonyl (C=O) groups excluding carboxylic acids is 4. The summed E-state index contributed by atoms with van der Waals surface area (Å²) in [5.74, 6) is -2.32. The van der Waals surface area contributed by atoms with Gasteiger partial charge in [-0.2, -0.15) is 0 Å². The summed E-state index contributed by atoms with van der Waals surface area (Å²) in [5, 5.41) is 0. The van der Waals surface area contributed by atoms with Crippen molar-refractivity contribution >= 4 is 35.6 Å². The first-order chi connectivity index (χ1) is 18.0. The van der Waals surface area contributed by atoms with Gasteiger partial charge in [-0.1, -0.05) is 41.6 Å². The van der Waals surface area contributed by atoms with E-state index < -0.39 is 54.6 Å². The Hall–Kier alpha value is -3.57. The van der Waals surface area contributed by atoms with Crippen LogP contribution < -0.4 is 4.74 Å². The fourth-order valence-corrected chi connectivity index (χ4v) is 4.66. The molecule has 2 aromatic carbocycles. The molecule has 1 saturated heterocycles. The van der Waals surface area contributed by atoms with E-state index in [9.17, 15) is 19.2 Å². The maximum Gasteiger partial charge on any atom is 0.303 e. The van der Waals surface area contributed by atoms with Crippen LogP contribution in [0.1, 0.15) is 33.3 Å². The zero-order chi connectivity index (χ0) is 27.8. The summed E-state index contributed by atoms with van der Waals surface area (Å²) in [6, 6.07) is 15.1. The Kier molecular flexibility index (Phi) is 10.1. The molecule has 1 heterocycles. The molecule has 1 aliphatic rings. The van der Waals surface area contributed by atoms with Gasteiger partial charge in [0.15, 0.2) is 12.2 Å². The molecule has 0 aromatic heterocycles. The Morgan fingerprint density at radius 3 is 1.95 bits per heavy atom. The molecule has 2 aromatic rings. The number of rotatable bonds is 9. The molecule has 1 aliphatic heterocycles. The third-order valence-corrected chi connectivity index (χ3v) is 6.35. The maximum absolute atomic E-state index is 12.0. The minimum absolute atomic E-state index is 0.336. The first-order valence-electron chi connectivity index (χ1n) is 11.8. The highest BCUT2D eigenvalue weighted by Gasteiger charge is 2.53. The summed E-state index contributed by atoms with van der Waals surface area (Å²) in [6.07, 6.45) is -6.28. The van der Waals surface area contributed by atoms with Crippen LogP contribution in [0.15, 0.2) is 58.3 Å². The van der Waals surface area contributed by atoms with Crippen molar-refractivity contribution in [2.75, 3.05) is 6.61 Å². The summed E-state index contributed by atoms with van der Waals surface area (Å²) in [5.41, 5.74) is 1.12. The first kappa shape index (κ1) is 29.0. The third-order valence-electron chi connectivity index (χ3n) is 5.29. The van der Waals surface area contributed by atoms with Gasteiger partial charge in [0, 0.05) is 32.6 Å². The average Bonchev–Trinajstić information content (AvgIpc) is 2.83. The molecule has 204 valence electrons. The van der Waals surface area contributed by atoms with Crippen LogP contribution >= 0.6 is 11.8 Å². The maximum atomic E-state index is 12.0. The number of ether oxygens (including phenoxy) is 6. The normalized spacial score (nSPS) is 22.6. The third kappa shape index (κ3) is 8.22. The largest absolute Gasteiger partial charge is 0.463 e. The lowest BCUT2D eigenvalue weighted by Gasteiger charge is -2.44. The van der Waals surface area contributed by atoms with Crippen LogP contribution in [0.4, 0.5) is 0 Å². The monoisotopic (exact) mass is 546 g/mol. The van der Waals surface area contributed by atoms with Crippen molar-refractivity contribution in [3.8, 4) is 5.75 Å². The Morgan fingerprint density at radius 2 is 1.34 bits per heavy atom. The molecule has 1 fully saturated rings. The highest BCUT2D eigenvalue weighted by atomic mass is 32.2. The van der Waals surface area contributed by atoms with E-state index in [1.54, 1.807) is 12.1 Å². The molecule has 0 N–H and O–H groups in total. The predicted molar refractivity (Wildman–Crippen MR) is 134 cm³/mol. The fraction of sp³-hybridized carbons (Fsp3) is 0.407. The summed E-state index contributed by atoms with van der Waals surface area (Å²) >= 11 is 1.45. The van der Waals surface area contributed by atoms with Crippen LogP contribution in [-0.4, -0.2) is 61.2 Å². The number of hydrogen-bond acceptors (Lipinski definition) is 11. The molecule has 0 saturated carbocycles. The number of benzene rings is 2. The van der Waals surface area contributed by atoms with Gasteiger partial charge >= 0.3 is 23.9 Å². The lowest BCUT2D eigenvalue weighted by atomic mass is 9.98. The number of aryl methyl sites for hydroxylation is 1. The van der Waals surface area contributed by atoms with Gasteiger partial charge in [-0.15, -0.1) is 0 Å². The van der Waals surface area contributed by atoms with E-state index >= 15 is 0 Å². The predicted octanol–water partition coefficient (Wildman–Crippen LogP) is 3.61. The van der Waals surface area contributed by atoms with Crippen molar-refractivity contribution < 1.29 is 47.6 Å². The zero-order valence-electron chi connectivity index (χ0n) is 21.7. The van der Waals surface area contributed by atoms with Crippen molar-refractivity contribution in [2.45, 2.75) is 75.1 Å². The van der Waals surface area contributed by atoms with Crippen LogP contribution in [0.3, 0.4) is 0 Å². The SMILES string of the molecule is CC(=O)OC[C@H]1O[C@@H](Oc2ccccc2Sc2ccc(C)cc2)[C@H](OC(C)=O)[C@@H](OC(C)=O)[C@@H]1OC(C)=O. The summed E-state index contributed by atoms with van der Waals surface area (Å²) in [6.45, 7) is 6.37. The van der Waals surface area contributed by atoms with E-state index in [-0.39, 0.29) is 6.61 Å². The molecule has 0 bridgehead atoms. The molecule has 38 heavy (non-hydrogen) atoms. The standard InChI is InChI=1S/C27H30O10S/c1-15-10-12-20(13-11-15)38-23-9-7-6-8-21(23)36-27-26(35-19(5)31)25(34-18(4)30)24(33-17(3)29)22(37-27)14-32-16(2)28/h6-13,22,24-27H,14H2,1-5H3/t22-,24-,25+,26-,27-/m1/s1. The number of para-hydroxylation sites is 1. The topological polar surface area (TPSA) is 124 Å². The van der Waals surface area contributed by atoms with Gasteiger partial charge in [0.1, 0.15) is 18.5 Å². The van der Waals surface area contributed by atoms with Crippen LogP contribution in [-0.2, 0) is 42.9 Å². The minimum atomic E-state index is -1.31. The lowest BCUT2D eigenvalue weighted by Crippen LogP contribution is -2.63. The van der Waals surface area contributed by atoms with Gasteiger partial charge in [-0.05, 0) is 31.2 Å². The Balaban J connectivity index is 1.98. The van der Waals surface area contributed by atoms with Gasteiger partial charge in [0.05, 0.1) is 4.90 Å². The molecule has 10 nitrogen and oxygen atoms in total. The van der Waals surface area contributed by atoms with Crippen LogP contribution in [0, 0.1) is 6.92 Å². The summed E-state index contributed by atoms with van der Waals surface area (Å²) in [7, 11) is 0. The molecule has 0 spiro atoms. The van der Waals surface area contributed by atoms with Crippen LogP contribution in [0.25, 0.3) is 0 Å². The number of hydrogen-bond donors (Lipinski definition) is 0. The van der Waals surface area contributed by atoms with Crippen LogP contribution in [0.2, 0.25) is 0 Å². The second-order valence-corrected chi connectivity index (χ2v) is 9.66. The smallest absolute Gasteiger partial charge is 0.303 e. The molecular weight excluding hydrogens is 516 g/mol. The van der Waals surface area contributed by atoms with E-state index in [4.69, 9.17) is 28.4 Å². The highest BCUT2D eigenvalue weighted by Crippen LogP contribution is 2.37. The van der Waals surface area contributed by atoms with Gasteiger partial charge < -0.3 is 28.4 Å². The van der Waals surface area contributed by atoms with Crippen molar-refractivity contribution in [1.82, 2.24) is 0 Å². The van der Waals surface area contributed by atoms with Crippen LogP contribution in [0.5, 0.6) is 5.75 Å². The van der Waals surface area contributed by atoms with E-state index in [1.165, 1.54) is 25.6 Å². The lowest BCUT2D eigenvalue weighted by molar-refractivity contribution is -0.288. The van der Waals surface area contributed by atoms with E-state index in [2.05, 4.69) is 0 Å². The second-order valence-electron chi connectivity index (χ2n) is 8.55. The first-order valence-corrected chi connectivity index (χ1v) is 12.7. The van der Waals surface area contributed by atoms with Gasteiger partial charge in [-0.25, -0.2) is 0 Å². The Labute approximate surface area is 224 Å². The van der Waals surface area contributed by atoms with E-state index in [0.717, 1.165) is 29.2 Å². The number of esters is 4. The average molecular weight is 547 g/mol. The molecule has 0 radical (unpaired) electrons. The van der Waals surface area contributed by atoms with E-state index in [0.29, 0.717) is 5.75 Å².